The highest BCUT2D eigenvalue weighted by Crippen LogP contribution is 2.63. The van der Waals surface area contributed by atoms with Gasteiger partial charge in [-0.05, 0) is 27.8 Å². The first-order chi connectivity index (χ1) is 11.4. The number of terminal acetylenes is 1. The van der Waals surface area contributed by atoms with Crippen LogP contribution < -0.4 is 0 Å². The number of rotatable bonds is 3. The van der Waals surface area contributed by atoms with Gasteiger partial charge in [0, 0.05) is 0 Å². The van der Waals surface area contributed by atoms with Crippen molar-refractivity contribution < 1.29 is 0 Å². The fourth-order valence-corrected chi connectivity index (χ4v) is 3.42. The van der Waals surface area contributed by atoms with Crippen molar-refractivity contribution in [1.29, 1.82) is 0 Å². The fraction of sp³-hybridized carbons (Fsp3) is 0.0435. The molecular weight excluding hydrogens is 276 g/mol. The van der Waals surface area contributed by atoms with Crippen molar-refractivity contribution in [3.63, 3.8) is 0 Å². The average Bonchev–Trinajstić information content (AvgIpc) is 3.34. The van der Waals surface area contributed by atoms with Crippen molar-refractivity contribution >= 4 is 11.1 Å². The van der Waals surface area contributed by atoms with Gasteiger partial charge in [-0.2, -0.15) is 0 Å². The van der Waals surface area contributed by atoms with Gasteiger partial charge in [-0.15, -0.1) is 6.42 Å². The normalized spacial score (nSPS) is 15.1. The highest BCUT2D eigenvalue weighted by Gasteiger charge is 2.54. The van der Waals surface area contributed by atoms with Crippen molar-refractivity contribution in [2.75, 3.05) is 0 Å². The number of benzene rings is 3. The van der Waals surface area contributed by atoms with Gasteiger partial charge in [0.2, 0.25) is 0 Å². The second-order valence-corrected chi connectivity index (χ2v) is 5.74. The highest BCUT2D eigenvalue weighted by atomic mass is 14.5. The molecule has 4 rings (SSSR count). The van der Waals surface area contributed by atoms with Crippen molar-refractivity contribution in [1.82, 2.24) is 0 Å². The number of allylic oxidation sites excluding steroid dienone is 2. The predicted molar refractivity (Wildman–Crippen MR) is 96.7 cm³/mol. The van der Waals surface area contributed by atoms with E-state index in [9.17, 15) is 0 Å². The largest absolute Gasteiger partial charge is 0.118 e. The van der Waals surface area contributed by atoms with Crippen molar-refractivity contribution in [2.45, 2.75) is 5.41 Å². The monoisotopic (exact) mass is 292 g/mol. The first-order valence-electron chi connectivity index (χ1n) is 7.77. The van der Waals surface area contributed by atoms with Crippen LogP contribution in [0.5, 0.6) is 0 Å². The van der Waals surface area contributed by atoms with E-state index in [1.165, 1.54) is 27.8 Å². The minimum atomic E-state index is -0.413. The Morgan fingerprint density at radius 3 is 1.35 bits per heavy atom. The van der Waals surface area contributed by atoms with Gasteiger partial charge < -0.3 is 0 Å². The molecule has 0 heterocycles. The summed E-state index contributed by atoms with van der Waals surface area (Å²) in [6, 6.07) is 31.3. The Bertz CT molecular complexity index is 845. The van der Waals surface area contributed by atoms with Gasteiger partial charge in [-0.25, -0.2) is 0 Å². The van der Waals surface area contributed by atoms with E-state index >= 15 is 0 Å². The Kier molecular flexibility index (Phi) is 3.14. The minimum Gasteiger partial charge on any atom is -0.118 e. The Morgan fingerprint density at radius 2 is 0.957 bits per heavy atom. The molecule has 23 heavy (non-hydrogen) atoms. The van der Waals surface area contributed by atoms with Gasteiger partial charge in [0.25, 0.3) is 0 Å². The molecule has 0 saturated heterocycles. The third kappa shape index (κ3) is 2.02. The van der Waals surface area contributed by atoms with Crippen LogP contribution in [-0.4, -0.2) is 0 Å². The van der Waals surface area contributed by atoms with Crippen LogP contribution in [0.15, 0.2) is 91.0 Å². The summed E-state index contributed by atoms with van der Waals surface area (Å²) in [7, 11) is 0. The van der Waals surface area contributed by atoms with Crippen LogP contribution in [-0.2, 0) is 5.41 Å². The van der Waals surface area contributed by atoms with Crippen LogP contribution in [0, 0.1) is 12.3 Å². The number of hydrogen-bond acceptors (Lipinski definition) is 0. The smallest absolute Gasteiger partial charge is 0.108 e. The Labute approximate surface area is 137 Å². The molecule has 3 aromatic carbocycles. The molecule has 1 aliphatic carbocycles. The summed E-state index contributed by atoms with van der Waals surface area (Å²) in [6.45, 7) is 0. The molecule has 0 bridgehead atoms. The predicted octanol–water partition coefficient (Wildman–Crippen LogP) is 5.18. The van der Waals surface area contributed by atoms with Gasteiger partial charge in [0.1, 0.15) is 5.41 Å². The molecule has 0 N–H and O–H groups in total. The molecule has 0 heteroatoms. The van der Waals surface area contributed by atoms with E-state index in [0.29, 0.717) is 0 Å². The molecule has 0 amide bonds. The van der Waals surface area contributed by atoms with E-state index < -0.39 is 5.41 Å². The second-order valence-electron chi connectivity index (χ2n) is 5.74. The molecule has 3 aromatic rings. The first-order valence-corrected chi connectivity index (χ1v) is 7.77. The van der Waals surface area contributed by atoms with Crippen molar-refractivity contribution in [3.05, 3.63) is 108 Å². The minimum absolute atomic E-state index is 0.413. The Hall–Kier alpha value is -3.04. The molecule has 0 fully saturated rings. The summed E-state index contributed by atoms with van der Waals surface area (Å²) in [6.07, 6.45) is 6.06. The molecule has 0 aromatic heterocycles. The van der Waals surface area contributed by atoms with E-state index in [4.69, 9.17) is 6.42 Å². The topological polar surface area (TPSA) is 0 Å². The maximum atomic E-state index is 6.06. The Balaban J connectivity index is 1.93. The summed E-state index contributed by atoms with van der Waals surface area (Å²) in [5.41, 5.74) is 5.65. The SMILES string of the molecule is C#CC1(c2ccccc2)C(c2ccccc2)=C1c1ccccc1. The first kappa shape index (κ1) is 13.6. The average molecular weight is 292 g/mol. The molecule has 0 nitrogen and oxygen atoms in total. The lowest BCUT2D eigenvalue weighted by atomic mass is 9.86. The third-order valence-corrected chi connectivity index (χ3v) is 4.49. The molecule has 0 radical (unpaired) electrons. The lowest BCUT2D eigenvalue weighted by molar-refractivity contribution is 1.05. The zero-order valence-corrected chi connectivity index (χ0v) is 12.7. The van der Waals surface area contributed by atoms with Crippen molar-refractivity contribution in [3.8, 4) is 12.3 Å². The molecule has 0 atom stereocenters. The molecule has 0 unspecified atom stereocenters. The van der Waals surface area contributed by atoms with Crippen LogP contribution >= 0.6 is 0 Å². The molecular formula is C23H16. The van der Waals surface area contributed by atoms with Crippen LogP contribution in [0.2, 0.25) is 0 Å². The van der Waals surface area contributed by atoms with Gasteiger partial charge in [0.05, 0.1) is 0 Å². The fourth-order valence-electron chi connectivity index (χ4n) is 3.42. The summed E-state index contributed by atoms with van der Waals surface area (Å²) < 4.78 is 0. The zero-order valence-electron chi connectivity index (χ0n) is 12.7. The Morgan fingerprint density at radius 1 is 0.565 bits per heavy atom. The molecule has 108 valence electrons. The number of hydrogen-bond donors (Lipinski definition) is 0. The second kappa shape index (κ2) is 5.30. The molecule has 0 aliphatic heterocycles. The van der Waals surface area contributed by atoms with E-state index in [1.807, 2.05) is 18.2 Å². The van der Waals surface area contributed by atoms with E-state index in [1.54, 1.807) is 0 Å². The quantitative estimate of drug-likeness (QED) is 0.583. The third-order valence-electron chi connectivity index (χ3n) is 4.49. The summed E-state index contributed by atoms with van der Waals surface area (Å²) in [4.78, 5) is 0. The van der Waals surface area contributed by atoms with Crippen molar-refractivity contribution in [2.24, 2.45) is 0 Å². The van der Waals surface area contributed by atoms with E-state index in [0.717, 1.165) is 0 Å². The van der Waals surface area contributed by atoms with Crippen LogP contribution in [0.4, 0.5) is 0 Å². The summed E-state index contributed by atoms with van der Waals surface area (Å²) in [5, 5.41) is 0. The molecule has 0 saturated carbocycles. The van der Waals surface area contributed by atoms with Crippen LogP contribution in [0.1, 0.15) is 16.7 Å². The lowest BCUT2D eigenvalue weighted by Gasteiger charge is -2.14. The van der Waals surface area contributed by atoms with E-state index in [2.05, 4.69) is 78.7 Å². The van der Waals surface area contributed by atoms with Crippen LogP contribution in [0.3, 0.4) is 0 Å². The standard InChI is InChI=1S/C23H16/c1-2-23(20-16-10-5-11-17-20)21(18-12-6-3-7-13-18)22(23)19-14-8-4-9-15-19/h1,3-17H. The van der Waals surface area contributed by atoms with E-state index in [-0.39, 0.29) is 0 Å². The van der Waals surface area contributed by atoms with Gasteiger partial charge >= 0.3 is 0 Å². The molecule has 1 aliphatic rings. The summed E-state index contributed by atoms with van der Waals surface area (Å²) in [5.74, 6) is 3.09. The van der Waals surface area contributed by atoms with Gasteiger partial charge in [-0.1, -0.05) is 96.9 Å². The summed E-state index contributed by atoms with van der Waals surface area (Å²) >= 11 is 0. The zero-order chi connectivity index (χ0) is 15.7. The van der Waals surface area contributed by atoms with Gasteiger partial charge in [0.15, 0.2) is 0 Å². The maximum Gasteiger partial charge on any atom is 0.108 e. The molecule has 0 spiro atoms. The highest BCUT2D eigenvalue weighted by molar-refractivity contribution is 6.21. The van der Waals surface area contributed by atoms with Crippen LogP contribution in [0.25, 0.3) is 11.1 Å². The maximum absolute atomic E-state index is 6.06. The lowest BCUT2D eigenvalue weighted by Crippen LogP contribution is -2.10. The van der Waals surface area contributed by atoms with Gasteiger partial charge in [-0.3, -0.25) is 0 Å².